The lowest BCUT2D eigenvalue weighted by atomic mass is 10.0. The van der Waals surface area contributed by atoms with Crippen LogP contribution in [0.25, 0.3) is 0 Å². The lowest BCUT2D eigenvalue weighted by Crippen LogP contribution is -2.43. The number of carbonyl (C=O) groups excluding carboxylic acids is 1. The van der Waals surface area contributed by atoms with Crippen molar-refractivity contribution >= 4 is 27.3 Å². The molecule has 2 heterocycles. The van der Waals surface area contributed by atoms with Crippen LogP contribution in [0.5, 0.6) is 0 Å². The molecular formula is C23H23ClN2O5S. The first kappa shape index (κ1) is 22.5. The van der Waals surface area contributed by atoms with Crippen LogP contribution < -0.4 is 5.32 Å². The van der Waals surface area contributed by atoms with Crippen LogP contribution in [0.1, 0.15) is 22.2 Å². The lowest BCUT2D eigenvalue weighted by Gasteiger charge is -2.34. The smallest absolute Gasteiger partial charge is 0.287 e. The molecule has 1 atom stereocenters. The van der Waals surface area contributed by atoms with Crippen LogP contribution in [0.4, 0.5) is 0 Å². The first-order valence-corrected chi connectivity index (χ1v) is 12.1. The minimum absolute atomic E-state index is 0.0589. The van der Waals surface area contributed by atoms with E-state index in [1.807, 2.05) is 24.3 Å². The predicted molar refractivity (Wildman–Crippen MR) is 120 cm³/mol. The van der Waals surface area contributed by atoms with Crippen LogP contribution in [0.15, 0.2) is 81.1 Å². The van der Waals surface area contributed by atoms with Gasteiger partial charge in [0.05, 0.1) is 24.2 Å². The summed E-state index contributed by atoms with van der Waals surface area (Å²) in [6, 6.07) is 18.1. The van der Waals surface area contributed by atoms with Crippen LogP contribution in [-0.2, 0) is 14.6 Å². The maximum Gasteiger partial charge on any atom is 0.287 e. The summed E-state index contributed by atoms with van der Waals surface area (Å²) in [4.78, 5) is 15.1. The van der Waals surface area contributed by atoms with Crippen molar-refractivity contribution < 1.29 is 22.4 Å². The van der Waals surface area contributed by atoms with Gasteiger partial charge in [-0.15, -0.1) is 0 Å². The quantitative estimate of drug-likeness (QED) is 0.563. The van der Waals surface area contributed by atoms with E-state index in [-0.39, 0.29) is 21.8 Å². The van der Waals surface area contributed by atoms with Crippen molar-refractivity contribution in [2.24, 2.45) is 0 Å². The number of furan rings is 1. The molecule has 0 bridgehead atoms. The number of morpholine rings is 1. The molecule has 32 heavy (non-hydrogen) atoms. The zero-order chi connectivity index (χ0) is 22.6. The fraction of sp³-hybridized carbons (Fsp3) is 0.261. The highest BCUT2D eigenvalue weighted by atomic mass is 35.5. The highest BCUT2D eigenvalue weighted by Crippen LogP contribution is 2.25. The summed E-state index contributed by atoms with van der Waals surface area (Å²) >= 11 is 6.03. The van der Waals surface area contributed by atoms with Gasteiger partial charge in [0.25, 0.3) is 5.91 Å². The van der Waals surface area contributed by atoms with Crippen molar-refractivity contribution in [2.75, 3.05) is 32.8 Å². The van der Waals surface area contributed by atoms with E-state index in [1.165, 1.54) is 24.3 Å². The number of sulfone groups is 1. The summed E-state index contributed by atoms with van der Waals surface area (Å²) in [7, 11) is -3.83. The van der Waals surface area contributed by atoms with E-state index in [4.69, 9.17) is 20.8 Å². The Morgan fingerprint density at radius 2 is 1.69 bits per heavy atom. The standard InChI is InChI=1S/C23H23ClN2O5S/c24-18-8-6-17(7-9-18)20(26-12-14-30-15-13-26)16-25-23(27)21-10-11-22(31-21)32(28,29)19-4-2-1-3-5-19/h1-11,20H,12-16H2,(H,25,27). The monoisotopic (exact) mass is 474 g/mol. The number of amides is 1. The lowest BCUT2D eigenvalue weighted by molar-refractivity contribution is 0.0161. The molecule has 168 valence electrons. The van der Waals surface area contributed by atoms with Crippen molar-refractivity contribution in [1.29, 1.82) is 0 Å². The second kappa shape index (κ2) is 9.87. The number of nitrogens with zero attached hydrogens (tertiary/aromatic N) is 1. The number of hydrogen-bond donors (Lipinski definition) is 1. The Balaban J connectivity index is 1.48. The van der Waals surface area contributed by atoms with E-state index < -0.39 is 15.7 Å². The van der Waals surface area contributed by atoms with Gasteiger partial charge < -0.3 is 14.5 Å². The van der Waals surface area contributed by atoms with Crippen molar-refractivity contribution in [2.45, 2.75) is 16.0 Å². The molecule has 1 aliphatic heterocycles. The van der Waals surface area contributed by atoms with E-state index in [2.05, 4.69) is 10.2 Å². The average Bonchev–Trinajstić information content (AvgIpc) is 3.33. The van der Waals surface area contributed by atoms with Crippen molar-refractivity contribution in [1.82, 2.24) is 10.2 Å². The Bertz CT molecular complexity index is 1160. The van der Waals surface area contributed by atoms with Gasteiger partial charge in [0, 0.05) is 24.7 Å². The predicted octanol–water partition coefficient (Wildman–Crippen LogP) is 3.57. The third kappa shape index (κ3) is 5.05. The van der Waals surface area contributed by atoms with Gasteiger partial charge >= 0.3 is 0 Å². The maximum absolute atomic E-state index is 12.7. The highest BCUT2D eigenvalue weighted by molar-refractivity contribution is 7.91. The van der Waals surface area contributed by atoms with Crippen LogP contribution in [0, 0.1) is 0 Å². The molecule has 1 amide bonds. The number of benzene rings is 2. The zero-order valence-corrected chi connectivity index (χ0v) is 18.8. The summed E-state index contributed by atoms with van der Waals surface area (Å²) in [5.74, 6) is -0.539. The average molecular weight is 475 g/mol. The summed E-state index contributed by atoms with van der Waals surface area (Å²) in [6.45, 7) is 3.04. The van der Waals surface area contributed by atoms with E-state index >= 15 is 0 Å². The first-order chi connectivity index (χ1) is 15.4. The summed E-state index contributed by atoms with van der Waals surface area (Å²) < 4.78 is 36.3. The molecule has 1 saturated heterocycles. The van der Waals surface area contributed by atoms with Crippen LogP contribution in [-0.4, -0.2) is 52.1 Å². The maximum atomic E-state index is 12.7. The molecule has 1 N–H and O–H groups in total. The fourth-order valence-corrected chi connectivity index (χ4v) is 4.93. The second-order valence-electron chi connectivity index (χ2n) is 7.36. The molecule has 0 spiro atoms. The van der Waals surface area contributed by atoms with E-state index in [0.29, 0.717) is 24.8 Å². The van der Waals surface area contributed by atoms with Gasteiger partial charge in [-0.05, 0) is 42.0 Å². The van der Waals surface area contributed by atoms with Crippen LogP contribution in [0.3, 0.4) is 0 Å². The minimum atomic E-state index is -3.83. The summed E-state index contributed by atoms with van der Waals surface area (Å²) in [5, 5.41) is 3.24. The Morgan fingerprint density at radius 1 is 1.00 bits per heavy atom. The van der Waals surface area contributed by atoms with Gasteiger partial charge in [-0.1, -0.05) is 41.9 Å². The Morgan fingerprint density at radius 3 is 2.38 bits per heavy atom. The van der Waals surface area contributed by atoms with Gasteiger partial charge in [0.1, 0.15) is 0 Å². The van der Waals surface area contributed by atoms with E-state index in [1.54, 1.807) is 18.2 Å². The fourth-order valence-electron chi connectivity index (χ4n) is 3.61. The second-order valence-corrected chi connectivity index (χ2v) is 9.68. The largest absolute Gasteiger partial charge is 0.439 e. The van der Waals surface area contributed by atoms with Crippen LogP contribution >= 0.6 is 11.6 Å². The molecule has 1 fully saturated rings. The molecule has 1 aliphatic rings. The number of nitrogens with one attached hydrogen (secondary N) is 1. The molecule has 2 aromatic carbocycles. The Labute approximate surface area is 191 Å². The summed E-state index contributed by atoms with van der Waals surface area (Å²) in [6.07, 6.45) is 0. The third-order valence-corrected chi connectivity index (χ3v) is 7.21. The number of ether oxygens (including phenoxy) is 1. The van der Waals surface area contributed by atoms with Gasteiger partial charge in [-0.25, -0.2) is 8.42 Å². The topological polar surface area (TPSA) is 88.9 Å². The molecule has 0 saturated carbocycles. The van der Waals surface area contributed by atoms with Gasteiger partial charge in [0.15, 0.2) is 5.76 Å². The molecule has 7 nitrogen and oxygen atoms in total. The molecule has 4 rings (SSSR count). The molecule has 1 unspecified atom stereocenters. The minimum Gasteiger partial charge on any atom is -0.439 e. The highest BCUT2D eigenvalue weighted by Gasteiger charge is 2.26. The molecule has 9 heteroatoms. The van der Waals surface area contributed by atoms with Crippen molar-refractivity contribution in [3.63, 3.8) is 0 Å². The molecular weight excluding hydrogens is 452 g/mol. The van der Waals surface area contributed by atoms with Gasteiger partial charge in [-0.3, -0.25) is 9.69 Å². The number of halogens is 1. The van der Waals surface area contributed by atoms with Crippen LogP contribution in [0.2, 0.25) is 5.02 Å². The Hall–Kier alpha value is -2.65. The van der Waals surface area contributed by atoms with E-state index in [0.717, 1.165) is 18.7 Å². The molecule has 0 aliphatic carbocycles. The number of rotatable bonds is 7. The molecule has 0 radical (unpaired) electrons. The summed E-state index contributed by atoms with van der Waals surface area (Å²) in [5.41, 5.74) is 1.02. The van der Waals surface area contributed by atoms with Crippen molar-refractivity contribution in [3.05, 3.63) is 83.1 Å². The third-order valence-electron chi connectivity index (χ3n) is 5.32. The Kier molecular flexibility index (Phi) is 6.95. The van der Waals surface area contributed by atoms with Gasteiger partial charge in [0.2, 0.25) is 14.9 Å². The first-order valence-electron chi connectivity index (χ1n) is 10.2. The molecule has 3 aromatic rings. The molecule has 1 aromatic heterocycles. The number of hydrogen-bond acceptors (Lipinski definition) is 6. The van der Waals surface area contributed by atoms with Gasteiger partial charge in [-0.2, -0.15) is 0 Å². The SMILES string of the molecule is O=C(NCC(c1ccc(Cl)cc1)N1CCOCC1)c1ccc(S(=O)(=O)c2ccccc2)o1. The van der Waals surface area contributed by atoms with E-state index in [9.17, 15) is 13.2 Å². The zero-order valence-electron chi connectivity index (χ0n) is 17.2. The number of carbonyl (C=O) groups is 1. The van der Waals surface area contributed by atoms with Crippen molar-refractivity contribution in [3.8, 4) is 0 Å². The normalized spacial score (nSPS) is 15.9.